The molecule has 7 nitrogen and oxygen atoms in total. The molecule has 7 heteroatoms. The predicted molar refractivity (Wildman–Crippen MR) is 150 cm³/mol. The summed E-state index contributed by atoms with van der Waals surface area (Å²) < 4.78 is 22.7. The molecule has 2 heterocycles. The minimum Gasteiger partial charge on any atom is -0.497 e. The molecule has 4 aromatic rings. The summed E-state index contributed by atoms with van der Waals surface area (Å²) in [4.78, 5) is 29.5. The number of methoxy groups -OCH3 is 2. The van der Waals surface area contributed by atoms with Gasteiger partial charge in [0.2, 0.25) is 5.76 Å². The van der Waals surface area contributed by atoms with Crippen LogP contribution in [0.3, 0.4) is 0 Å². The van der Waals surface area contributed by atoms with E-state index in [0.29, 0.717) is 47.6 Å². The molecular weight excluding hydrogens is 494 g/mol. The minimum atomic E-state index is -0.643. The fourth-order valence-electron chi connectivity index (χ4n) is 5.02. The second kappa shape index (κ2) is 10.7. The molecule has 1 aliphatic rings. The van der Waals surface area contributed by atoms with Crippen molar-refractivity contribution in [3.05, 3.63) is 111 Å². The quantitative estimate of drug-likeness (QED) is 0.258. The molecule has 1 unspecified atom stereocenters. The lowest BCUT2D eigenvalue weighted by Gasteiger charge is -2.26. The smallest absolute Gasteiger partial charge is 0.290 e. The Morgan fingerprint density at radius 2 is 1.69 bits per heavy atom. The first-order valence-corrected chi connectivity index (χ1v) is 12.8. The second-order valence-electron chi connectivity index (χ2n) is 9.62. The van der Waals surface area contributed by atoms with E-state index in [9.17, 15) is 9.59 Å². The van der Waals surface area contributed by atoms with Gasteiger partial charge in [0, 0.05) is 6.54 Å². The summed E-state index contributed by atoms with van der Waals surface area (Å²) in [5.74, 6) is 1.58. The van der Waals surface area contributed by atoms with Crippen molar-refractivity contribution in [2.24, 2.45) is 0 Å². The zero-order valence-electron chi connectivity index (χ0n) is 22.6. The molecule has 0 saturated carbocycles. The van der Waals surface area contributed by atoms with Crippen LogP contribution >= 0.6 is 0 Å². The van der Waals surface area contributed by atoms with Gasteiger partial charge >= 0.3 is 0 Å². The van der Waals surface area contributed by atoms with Gasteiger partial charge in [-0.25, -0.2) is 0 Å². The summed E-state index contributed by atoms with van der Waals surface area (Å²) in [6.45, 7) is 8.31. The molecule has 1 amide bonds. The van der Waals surface area contributed by atoms with Crippen molar-refractivity contribution in [3.8, 4) is 17.2 Å². The van der Waals surface area contributed by atoms with Crippen molar-refractivity contribution in [1.82, 2.24) is 4.90 Å². The molecule has 1 atom stereocenters. The van der Waals surface area contributed by atoms with Crippen molar-refractivity contribution in [3.63, 3.8) is 0 Å². The standard InChI is InChI=1S/C32H31NO6/c1-6-15-38-25-12-9-22(18-27(25)37-5)29-28-30(34)24-16-19(2)20(3)17-26(24)39-31(28)32(35)33(29)14-13-21-7-10-23(36-4)11-8-21/h6-12,16-18,29H,1,13-15H2,2-5H3. The number of rotatable bonds is 9. The highest BCUT2D eigenvalue weighted by atomic mass is 16.5. The highest BCUT2D eigenvalue weighted by molar-refractivity contribution is 5.99. The summed E-state index contributed by atoms with van der Waals surface area (Å²) in [7, 11) is 3.18. The number of amides is 1. The third-order valence-corrected chi connectivity index (χ3v) is 7.24. The number of ether oxygens (including phenoxy) is 3. The number of aryl methyl sites for hydroxylation is 2. The van der Waals surface area contributed by atoms with Crippen LogP contribution in [-0.2, 0) is 6.42 Å². The topological polar surface area (TPSA) is 78.2 Å². The van der Waals surface area contributed by atoms with Crippen molar-refractivity contribution in [2.75, 3.05) is 27.4 Å². The largest absolute Gasteiger partial charge is 0.497 e. The Balaban J connectivity index is 1.62. The van der Waals surface area contributed by atoms with Crippen molar-refractivity contribution < 1.29 is 23.4 Å². The third-order valence-electron chi connectivity index (χ3n) is 7.24. The monoisotopic (exact) mass is 525 g/mol. The number of carbonyl (C=O) groups excluding carboxylic acids is 1. The van der Waals surface area contributed by atoms with Gasteiger partial charge in [0.25, 0.3) is 5.91 Å². The number of hydrogen-bond donors (Lipinski definition) is 0. The van der Waals surface area contributed by atoms with Gasteiger partial charge in [-0.15, -0.1) is 0 Å². The van der Waals surface area contributed by atoms with Crippen LogP contribution in [0.25, 0.3) is 11.0 Å². The number of hydrogen-bond acceptors (Lipinski definition) is 6. The first-order valence-electron chi connectivity index (χ1n) is 12.8. The molecule has 0 spiro atoms. The Kier molecular flexibility index (Phi) is 7.15. The maximum atomic E-state index is 13.9. The van der Waals surface area contributed by atoms with E-state index in [1.165, 1.54) is 0 Å². The van der Waals surface area contributed by atoms with Gasteiger partial charge in [-0.05, 0) is 78.9 Å². The Morgan fingerprint density at radius 3 is 2.38 bits per heavy atom. The molecule has 5 rings (SSSR count). The summed E-state index contributed by atoms with van der Waals surface area (Å²) in [6.07, 6.45) is 2.24. The lowest BCUT2D eigenvalue weighted by Crippen LogP contribution is -2.31. The van der Waals surface area contributed by atoms with Crippen LogP contribution in [0.1, 0.15) is 44.4 Å². The predicted octanol–water partition coefficient (Wildman–Crippen LogP) is 5.78. The Morgan fingerprint density at radius 1 is 0.949 bits per heavy atom. The molecule has 0 aliphatic carbocycles. The van der Waals surface area contributed by atoms with E-state index in [2.05, 4.69) is 6.58 Å². The van der Waals surface area contributed by atoms with Crippen LogP contribution < -0.4 is 19.6 Å². The maximum absolute atomic E-state index is 13.9. The van der Waals surface area contributed by atoms with E-state index >= 15 is 0 Å². The first-order chi connectivity index (χ1) is 18.9. The number of fused-ring (bicyclic) bond motifs is 2. The van der Waals surface area contributed by atoms with Crippen molar-refractivity contribution in [2.45, 2.75) is 26.3 Å². The van der Waals surface area contributed by atoms with E-state index in [4.69, 9.17) is 18.6 Å². The summed E-state index contributed by atoms with van der Waals surface area (Å²) in [6, 6.07) is 16.2. The molecule has 200 valence electrons. The summed E-state index contributed by atoms with van der Waals surface area (Å²) in [5, 5.41) is 0.463. The highest BCUT2D eigenvalue weighted by Crippen LogP contribution is 2.41. The number of carbonyl (C=O) groups is 1. The Hall–Kier alpha value is -4.52. The Bertz CT molecular complexity index is 1620. The number of benzene rings is 3. The number of nitrogens with zero attached hydrogens (tertiary/aromatic N) is 1. The minimum absolute atomic E-state index is 0.0847. The van der Waals surface area contributed by atoms with Crippen LogP contribution in [0.4, 0.5) is 0 Å². The van der Waals surface area contributed by atoms with Gasteiger partial charge in [0.05, 0.1) is 31.2 Å². The second-order valence-corrected chi connectivity index (χ2v) is 9.62. The third kappa shape index (κ3) is 4.76. The highest BCUT2D eigenvalue weighted by Gasteiger charge is 2.42. The van der Waals surface area contributed by atoms with E-state index in [1.807, 2.05) is 62.4 Å². The van der Waals surface area contributed by atoms with E-state index in [-0.39, 0.29) is 17.1 Å². The van der Waals surface area contributed by atoms with Crippen LogP contribution in [0.5, 0.6) is 17.2 Å². The fraction of sp³-hybridized carbons (Fsp3) is 0.250. The van der Waals surface area contributed by atoms with Gasteiger partial charge in [-0.2, -0.15) is 0 Å². The molecule has 39 heavy (non-hydrogen) atoms. The molecule has 0 N–H and O–H groups in total. The van der Waals surface area contributed by atoms with Crippen molar-refractivity contribution >= 4 is 16.9 Å². The zero-order valence-corrected chi connectivity index (χ0v) is 22.6. The molecule has 0 fully saturated rings. The van der Waals surface area contributed by atoms with Gasteiger partial charge in [-0.1, -0.05) is 30.9 Å². The zero-order chi connectivity index (χ0) is 27.7. The van der Waals surface area contributed by atoms with Crippen molar-refractivity contribution in [1.29, 1.82) is 0 Å². The molecular formula is C32H31NO6. The average Bonchev–Trinajstić information content (AvgIpc) is 3.23. The summed E-state index contributed by atoms with van der Waals surface area (Å²) in [5.41, 5.74) is 4.30. The lowest BCUT2D eigenvalue weighted by molar-refractivity contribution is 0.0730. The summed E-state index contributed by atoms with van der Waals surface area (Å²) >= 11 is 0. The molecule has 0 radical (unpaired) electrons. The van der Waals surface area contributed by atoms with Gasteiger partial charge in [-0.3, -0.25) is 9.59 Å². The SMILES string of the molecule is C=CCOc1ccc(C2c3c(oc4cc(C)c(C)cc4c3=O)C(=O)N2CCc2ccc(OC)cc2)cc1OC. The molecule has 0 bridgehead atoms. The molecule has 0 saturated heterocycles. The first kappa shape index (κ1) is 26.1. The normalized spacial score (nSPS) is 14.4. The molecule has 1 aromatic heterocycles. The Labute approximate surface area is 227 Å². The van der Waals surface area contributed by atoms with E-state index in [0.717, 1.165) is 28.0 Å². The van der Waals surface area contributed by atoms with Crippen LogP contribution in [0, 0.1) is 13.8 Å². The van der Waals surface area contributed by atoms with E-state index in [1.54, 1.807) is 31.3 Å². The van der Waals surface area contributed by atoms with Crippen LogP contribution in [0.2, 0.25) is 0 Å². The molecule has 3 aromatic carbocycles. The van der Waals surface area contributed by atoms with Gasteiger partial charge < -0.3 is 23.5 Å². The van der Waals surface area contributed by atoms with Crippen LogP contribution in [0.15, 0.2) is 76.5 Å². The van der Waals surface area contributed by atoms with Gasteiger partial charge in [0.15, 0.2) is 16.9 Å². The van der Waals surface area contributed by atoms with Gasteiger partial charge in [0.1, 0.15) is 17.9 Å². The lowest BCUT2D eigenvalue weighted by atomic mass is 9.97. The maximum Gasteiger partial charge on any atom is 0.290 e. The molecule has 1 aliphatic heterocycles. The fourth-order valence-corrected chi connectivity index (χ4v) is 5.02. The van der Waals surface area contributed by atoms with E-state index < -0.39 is 6.04 Å². The average molecular weight is 526 g/mol. The van der Waals surface area contributed by atoms with Crippen LogP contribution in [-0.4, -0.2) is 38.2 Å².